The van der Waals surface area contributed by atoms with Gasteiger partial charge in [0.1, 0.15) is 0 Å². The van der Waals surface area contributed by atoms with E-state index in [-0.39, 0.29) is 0 Å². The van der Waals surface area contributed by atoms with Gasteiger partial charge < -0.3 is 5.11 Å². The number of nitrogens with one attached hydrogen (secondary N) is 1. The molecule has 0 amide bonds. The van der Waals surface area contributed by atoms with E-state index < -0.39 is 16.7 Å². The molecule has 0 radical (unpaired) electrons. The lowest BCUT2D eigenvalue weighted by Crippen LogP contribution is -2.23. The van der Waals surface area contributed by atoms with Crippen molar-refractivity contribution in [3.63, 3.8) is 0 Å². The predicted molar refractivity (Wildman–Crippen MR) is 32.9 cm³/mol. The molecule has 1 aromatic rings. The highest BCUT2D eigenvalue weighted by Gasteiger charge is 1.96. The highest BCUT2D eigenvalue weighted by Crippen LogP contribution is 1.95. The van der Waals surface area contributed by atoms with Crippen LogP contribution in [-0.2, 0) is 0 Å². The lowest BCUT2D eigenvalue weighted by Gasteiger charge is -1.81. The molecule has 2 N–H and O–H groups in total. The fraction of sp³-hybridized carbons (Fsp3) is 0. The topological polar surface area (TPSA) is 70.2 Å². The number of aromatic hydroxyl groups is 1. The molecule has 0 saturated carbocycles. The van der Waals surface area contributed by atoms with Crippen molar-refractivity contribution in [1.29, 1.82) is 0 Å². The van der Waals surface area contributed by atoms with E-state index >= 15 is 0 Å². The largest absolute Gasteiger partial charge is 0.503 e. The van der Waals surface area contributed by atoms with Crippen molar-refractivity contribution in [2.24, 2.45) is 0 Å². The van der Waals surface area contributed by atoms with Crippen molar-refractivity contribution in [1.82, 2.24) is 4.37 Å². The zero-order valence-electron chi connectivity index (χ0n) is 4.25. The summed E-state index contributed by atoms with van der Waals surface area (Å²) in [6.07, 6.45) is 0. The number of hydrogen-bond acceptors (Lipinski definition) is 4. The fourth-order valence-corrected chi connectivity index (χ4v) is 0.832. The van der Waals surface area contributed by atoms with Crippen LogP contribution < -0.4 is 11.0 Å². The van der Waals surface area contributed by atoms with E-state index in [9.17, 15) is 9.59 Å². The molecule has 0 aromatic carbocycles. The Morgan fingerprint density at radius 3 is 2.67 bits per heavy atom. The molecule has 48 valence electrons. The Morgan fingerprint density at radius 1 is 1.56 bits per heavy atom. The van der Waals surface area contributed by atoms with E-state index in [2.05, 4.69) is 4.37 Å². The van der Waals surface area contributed by atoms with Gasteiger partial charge in [0.25, 0.3) is 5.43 Å². The van der Waals surface area contributed by atoms with E-state index in [0.29, 0.717) is 0 Å². The maximum atomic E-state index is 10.4. The molecule has 0 fully saturated rings. The summed E-state index contributed by atoms with van der Waals surface area (Å²) in [5.74, 6) is -0.497. The van der Waals surface area contributed by atoms with Gasteiger partial charge in [-0.1, -0.05) is 11.5 Å². The van der Waals surface area contributed by atoms with Crippen molar-refractivity contribution in [3.05, 3.63) is 26.0 Å². The molecule has 0 bridgehead atoms. The second-order valence-corrected chi connectivity index (χ2v) is 2.06. The highest BCUT2D eigenvalue weighted by molar-refractivity contribution is 7.03. The summed E-state index contributed by atoms with van der Waals surface area (Å²) in [6, 6.07) is 0. The number of aromatic amines is 1. The van der Waals surface area contributed by atoms with Gasteiger partial charge in [-0.05, 0) is 0 Å². The third kappa shape index (κ3) is 0.996. The molecule has 1 rings (SSSR count). The summed E-state index contributed by atoms with van der Waals surface area (Å²) in [4.78, 5) is 20.7. The minimum Gasteiger partial charge on any atom is -0.503 e. The molecule has 5 heteroatoms. The first-order chi connectivity index (χ1) is 4.22. The lowest BCUT2D eigenvalue weighted by atomic mass is 10.5. The number of H-pyrrole nitrogens is 1. The van der Waals surface area contributed by atoms with Crippen molar-refractivity contribution < 1.29 is 5.11 Å². The third-order valence-corrected chi connectivity index (χ3v) is 1.41. The van der Waals surface area contributed by atoms with Crippen molar-refractivity contribution in [3.8, 4) is 5.75 Å². The van der Waals surface area contributed by atoms with Gasteiger partial charge in [0.05, 0.1) is 5.38 Å². The lowest BCUT2D eigenvalue weighted by molar-refractivity contribution is 0.471. The van der Waals surface area contributed by atoms with Gasteiger partial charge in [-0.25, -0.2) is 0 Å². The molecular weight excluding hydrogens is 142 g/mol. The van der Waals surface area contributed by atoms with Gasteiger partial charge in [0, 0.05) is 0 Å². The molecular formula is C4H3NO3S. The maximum absolute atomic E-state index is 10.4. The van der Waals surface area contributed by atoms with Gasteiger partial charge >= 0.3 is 5.56 Å². The smallest absolute Gasteiger partial charge is 0.308 e. The molecule has 4 nitrogen and oxygen atoms in total. The van der Waals surface area contributed by atoms with E-state index in [4.69, 9.17) is 5.11 Å². The Kier molecular flexibility index (Phi) is 1.35. The Morgan fingerprint density at radius 2 is 2.22 bits per heavy atom. The maximum Gasteiger partial charge on any atom is 0.308 e. The Hall–Kier alpha value is -1.10. The minimum absolute atomic E-state index is 0.497. The normalized spacial score (nSPS) is 9.33. The van der Waals surface area contributed by atoms with Crippen LogP contribution >= 0.6 is 11.5 Å². The average molecular weight is 145 g/mol. The summed E-state index contributed by atoms with van der Waals surface area (Å²) >= 11 is 0.882. The average Bonchev–Trinajstić information content (AvgIpc) is 1.83. The van der Waals surface area contributed by atoms with Crippen LogP contribution in [0, 0.1) is 0 Å². The summed E-state index contributed by atoms with van der Waals surface area (Å²) in [5.41, 5.74) is -1.66. The van der Waals surface area contributed by atoms with E-state index in [1.165, 1.54) is 5.38 Å². The number of hydrogen-bond donors (Lipinski definition) is 2. The van der Waals surface area contributed by atoms with Gasteiger partial charge in [0.15, 0.2) is 5.75 Å². The summed E-state index contributed by atoms with van der Waals surface area (Å²) in [7, 11) is 0. The SMILES string of the molecule is O=c1[nH]scc(O)c1=O. The molecule has 0 aliphatic heterocycles. The second kappa shape index (κ2) is 2.02. The van der Waals surface area contributed by atoms with E-state index in [1.807, 2.05) is 0 Å². The van der Waals surface area contributed by atoms with Crippen LogP contribution in [0.3, 0.4) is 0 Å². The van der Waals surface area contributed by atoms with E-state index in [0.717, 1.165) is 11.5 Å². The second-order valence-electron chi connectivity index (χ2n) is 1.38. The minimum atomic E-state index is -0.881. The van der Waals surface area contributed by atoms with Crippen LogP contribution in [-0.4, -0.2) is 9.48 Å². The zero-order valence-corrected chi connectivity index (χ0v) is 5.07. The van der Waals surface area contributed by atoms with Crippen molar-refractivity contribution in [2.45, 2.75) is 0 Å². The summed E-state index contributed by atoms with van der Waals surface area (Å²) in [5, 5.41) is 9.75. The van der Waals surface area contributed by atoms with Crippen LogP contribution in [0.1, 0.15) is 0 Å². The van der Waals surface area contributed by atoms with Gasteiger partial charge in [-0.15, -0.1) is 0 Å². The molecule has 1 heterocycles. The number of aromatic nitrogens is 1. The zero-order chi connectivity index (χ0) is 6.85. The highest BCUT2D eigenvalue weighted by atomic mass is 32.1. The van der Waals surface area contributed by atoms with Gasteiger partial charge in [-0.2, -0.15) is 0 Å². The van der Waals surface area contributed by atoms with E-state index in [1.54, 1.807) is 0 Å². The monoisotopic (exact) mass is 145 g/mol. The third-order valence-electron chi connectivity index (χ3n) is 0.761. The molecule has 0 saturated heterocycles. The first-order valence-electron chi connectivity index (χ1n) is 2.11. The summed E-state index contributed by atoms with van der Waals surface area (Å²) in [6.45, 7) is 0. The molecule has 9 heavy (non-hydrogen) atoms. The molecule has 0 aliphatic carbocycles. The standard InChI is InChI=1S/C4H3NO3S/c6-2-1-9-5-4(8)3(2)7/h1,6H,(H,5,8). The Balaban J connectivity index is 3.63. The first kappa shape index (κ1) is 6.03. The Bertz CT molecular complexity index is 312. The predicted octanol–water partition coefficient (Wildman–Crippen LogP) is -0.498. The Labute approximate surface area is 53.6 Å². The van der Waals surface area contributed by atoms with Crippen LogP contribution in [0.15, 0.2) is 15.0 Å². The van der Waals surface area contributed by atoms with Crippen LogP contribution in [0.4, 0.5) is 0 Å². The molecule has 0 atom stereocenters. The quantitative estimate of drug-likeness (QED) is 0.483. The summed E-state index contributed by atoms with van der Waals surface area (Å²) < 4.78 is 2.15. The molecule has 0 unspecified atom stereocenters. The first-order valence-corrected chi connectivity index (χ1v) is 2.99. The molecule has 1 aromatic heterocycles. The van der Waals surface area contributed by atoms with Crippen molar-refractivity contribution >= 4 is 11.5 Å². The number of rotatable bonds is 0. The molecule has 0 spiro atoms. The fourth-order valence-electron chi connectivity index (χ4n) is 0.355. The van der Waals surface area contributed by atoms with Crippen LogP contribution in [0.5, 0.6) is 5.75 Å². The van der Waals surface area contributed by atoms with Gasteiger partial charge in [-0.3, -0.25) is 14.0 Å². The molecule has 0 aliphatic rings. The van der Waals surface area contributed by atoms with Crippen molar-refractivity contribution in [2.75, 3.05) is 0 Å². The van der Waals surface area contributed by atoms with Crippen LogP contribution in [0.2, 0.25) is 0 Å². The van der Waals surface area contributed by atoms with Crippen LogP contribution in [0.25, 0.3) is 0 Å². The van der Waals surface area contributed by atoms with Gasteiger partial charge in [0.2, 0.25) is 0 Å².